The van der Waals surface area contributed by atoms with E-state index in [-0.39, 0.29) is 0 Å². The molecule has 0 saturated carbocycles. The molecule has 0 aliphatic carbocycles. The largest absolute Gasteiger partial charge is 0.328 e. The van der Waals surface area contributed by atoms with Crippen LogP contribution in [0.4, 0.5) is 4.39 Å². The van der Waals surface area contributed by atoms with Gasteiger partial charge in [-0.25, -0.2) is 4.39 Å². The van der Waals surface area contributed by atoms with Crippen molar-refractivity contribution in [2.24, 2.45) is 0 Å². The van der Waals surface area contributed by atoms with Crippen LogP contribution in [0.25, 0.3) is 11.0 Å². The van der Waals surface area contributed by atoms with Crippen molar-refractivity contribution in [1.29, 1.82) is 0 Å². The Morgan fingerprint density at radius 3 is 2.94 bits per heavy atom. The van der Waals surface area contributed by atoms with Crippen LogP contribution in [0, 0.1) is 0 Å². The molecular formula is C12H14ClFN4. The molecule has 1 fully saturated rings. The lowest BCUT2D eigenvalue weighted by atomic mass is 9.94. The van der Waals surface area contributed by atoms with Gasteiger partial charge in [0.25, 0.3) is 0 Å². The smallest absolute Gasteiger partial charge is 0.162 e. The summed E-state index contributed by atoms with van der Waals surface area (Å²) >= 11 is 5.78. The van der Waals surface area contributed by atoms with Gasteiger partial charge in [0.2, 0.25) is 0 Å². The first kappa shape index (κ1) is 11.9. The molecule has 1 N–H and O–H groups in total. The highest BCUT2D eigenvalue weighted by Gasteiger charge is 2.32. The van der Waals surface area contributed by atoms with E-state index in [9.17, 15) is 4.39 Å². The molecule has 0 atom stereocenters. The molecule has 2 aromatic heterocycles. The Kier molecular flexibility index (Phi) is 2.95. The van der Waals surface area contributed by atoms with Crippen molar-refractivity contribution in [2.45, 2.75) is 25.1 Å². The number of nitrogens with one attached hydrogen (secondary N) is 1. The van der Waals surface area contributed by atoms with Gasteiger partial charge in [-0.05, 0) is 38.1 Å². The molecule has 4 nitrogen and oxygen atoms in total. The monoisotopic (exact) mass is 268 g/mol. The minimum Gasteiger partial charge on any atom is -0.328 e. The summed E-state index contributed by atoms with van der Waals surface area (Å²) in [5.74, 6) is 0. The molecular weight excluding hydrogens is 255 g/mol. The standard InChI is InChI=1S/C12H14ClFN4/c13-10-7-9-1-6-18(11(9)17-16-10)8-12(14)2-4-15-5-3-12/h1,6-7,15H,2-5,8H2. The number of nitrogens with zero attached hydrogens (tertiary/aromatic N) is 3. The van der Waals surface area contributed by atoms with Crippen LogP contribution in [0.15, 0.2) is 18.3 Å². The first-order valence-corrected chi connectivity index (χ1v) is 6.42. The third-order valence-corrected chi connectivity index (χ3v) is 3.62. The van der Waals surface area contributed by atoms with Gasteiger partial charge in [-0.1, -0.05) is 11.6 Å². The Bertz CT molecular complexity index is 562. The fourth-order valence-electron chi connectivity index (χ4n) is 2.43. The summed E-state index contributed by atoms with van der Waals surface area (Å²) in [6.45, 7) is 1.79. The highest BCUT2D eigenvalue weighted by molar-refractivity contribution is 6.29. The Morgan fingerprint density at radius 2 is 2.17 bits per heavy atom. The molecule has 3 heterocycles. The molecule has 1 saturated heterocycles. The summed E-state index contributed by atoms with van der Waals surface area (Å²) in [7, 11) is 0. The van der Waals surface area contributed by atoms with Crippen molar-refractivity contribution >= 4 is 22.6 Å². The maximum Gasteiger partial charge on any atom is 0.162 e. The van der Waals surface area contributed by atoms with Crippen LogP contribution in [0.2, 0.25) is 5.15 Å². The molecule has 2 aromatic rings. The van der Waals surface area contributed by atoms with Gasteiger partial charge >= 0.3 is 0 Å². The number of halogens is 2. The Hall–Kier alpha value is -1.20. The van der Waals surface area contributed by atoms with Gasteiger partial charge < -0.3 is 9.88 Å². The van der Waals surface area contributed by atoms with E-state index in [1.165, 1.54) is 0 Å². The molecule has 6 heteroatoms. The maximum absolute atomic E-state index is 14.6. The Labute approximate surface area is 109 Å². The Morgan fingerprint density at radius 1 is 1.39 bits per heavy atom. The lowest BCUT2D eigenvalue weighted by Gasteiger charge is -2.30. The zero-order chi connectivity index (χ0) is 12.6. The minimum absolute atomic E-state index is 0.328. The fourth-order valence-corrected chi connectivity index (χ4v) is 2.58. The summed E-state index contributed by atoms with van der Waals surface area (Å²) in [5, 5.41) is 12.3. The van der Waals surface area contributed by atoms with Crippen LogP contribution in [0.3, 0.4) is 0 Å². The third kappa shape index (κ3) is 2.20. The van der Waals surface area contributed by atoms with Gasteiger partial charge in [0.1, 0.15) is 5.67 Å². The van der Waals surface area contributed by atoms with E-state index in [1.807, 2.05) is 16.8 Å². The second-order valence-electron chi connectivity index (χ2n) is 4.79. The van der Waals surface area contributed by atoms with E-state index in [2.05, 4.69) is 15.5 Å². The number of hydrogen-bond acceptors (Lipinski definition) is 3. The number of piperidine rings is 1. The number of rotatable bonds is 2. The van der Waals surface area contributed by atoms with Gasteiger partial charge in [0.05, 0.1) is 6.54 Å². The maximum atomic E-state index is 14.6. The summed E-state index contributed by atoms with van der Waals surface area (Å²) in [4.78, 5) is 0. The van der Waals surface area contributed by atoms with Crippen molar-refractivity contribution in [3.05, 3.63) is 23.5 Å². The average molecular weight is 269 g/mol. The number of fused-ring (bicyclic) bond motifs is 1. The fraction of sp³-hybridized carbons (Fsp3) is 0.500. The molecule has 0 bridgehead atoms. The lowest BCUT2D eigenvalue weighted by molar-refractivity contribution is 0.0952. The van der Waals surface area contributed by atoms with Crippen LogP contribution in [0.5, 0.6) is 0 Å². The zero-order valence-corrected chi connectivity index (χ0v) is 10.6. The van der Waals surface area contributed by atoms with Gasteiger partial charge in [0.15, 0.2) is 10.8 Å². The lowest BCUT2D eigenvalue weighted by Crippen LogP contribution is -2.41. The molecule has 18 heavy (non-hydrogen) atoms. The van der Waals surface area contributed by atoms with Crippen molar-refractivity contribution in [1.82, 2.24) is 20.1 Å². The van der Waals surface area contributed by atoms with Crippen LogP contribution in [0.1, 0.15) is 12.8 Å². The normalized spacial score (nSPS) is 19.2. The molecule has 0 spiro atoms. The van der Waals surface area contributed by atoms with Crippen molar-refractivity contribution in [3.8, 4) is 0 Å². The molecule has 0 amide bonds. The zero-order valence-electron chi connectivity index (χ0n) is 9.87. The average Bonchev–Trinajstić information content (AvgIpc) is 2.72. The van der Waals surface area contributed by atoms with Crippen molar-refractivity contribution in [3.63, 3.8) is 0 Å². The van der Waals surface area contributed by atoms with Crippen LogP contribution in [-0.2, 0) is 6.54 Å². The van der Waals surface area contributed by atoms with Crippen LogP contribution in [-0.4, -0.2) is 33.5 Å². The molecule has 3 rings (SSSR count). The predicted octanol–water partition coefficient (Wildman–Crippen LogP) is 2.18. The molecule has 0 unspecified atom stereocenters. The van der Waals surface area contributed by atoms with E-state index < -0.39 is 5.67 Å². The third-order valence-electron chi connectivity index (χ3n) is 3.43. The van der Waals surface area contributed by atoms with Gasteiger partial charge in [-0.15, -0.1) is 10.2 Å². The highest BCUT2D eigenvalue weighted by atomic mass is 35.5. The summed E-state index contributed by atoms with van der Waals surface area (Å²) in [6.07, 6.45) is 2.92. The second-order valence-corrected chi connectivity index (χ2v) is 5.18. The number of aromatic nitrogens is 3. The first-order chi connectivity index (χ1) is 8.66. The number of alkyl halides is 1. The second kappa shape index (κ2) is 4.48. The molecule has 0 aromatic carbocycles. The van der Waals surface area contributed by atoms with Gasteiger partial charge in [-0.2, -0.15) is 0 Å². The Balaban J connectivity index is 1.90. The SMILES string of the molecule is FC1(Cn2ccc3cc(Cl)nnc32)CCNCC1. The van der Waals surface area contributed by atoms with E-state index in [0.717, 1.165) is 18.5 Å². The van der Waals surface area contributed by atoms with E-state index in [1.54, 1.807) is 6.07 Å². The summed E-state index contributed by atoms with van der Waals surface area (Å²) in [6, 6.07) is 3.63. The van der Waals surface area contributed by atoms with E-state index >= 15 is 0 Å². The van der Waals surface area contributed by atoms with E-state index in [4.69, 9.17) is 11.6 Å². The van der Waals surface area contributed by atoms with Gasteiger partial charge in [-0.3, -0.25) is 0 Å². The molecule has 1 aliphatic rings. The van der Waals surface area contributed by atoms with Crippen LogP contribution >= 0.6 is 11.6 Å². The van der Waals surface area contributed by atoms with Crippen LogP contribution < -0.4 is 5.32 Å². The molecule has 0 radical (unpaired) electrons. The quantitative estimate of drug-likeness (QED) is 0.908. The highest BCUT2D eigenvalue weighted by Crippen LogP contribution is 2.27. The summed E-state index contributed by atoms with van der Waals surface area (Å²) < 4.78 is 16.4. The minimum atomic E-state index is -1.15. The van der Waals surface area contributed by atoms with Crippen molar-refractivity contribution in [2.75, 3.05) is 13.1 Å². The van der Waals surface area contributed by atoms with E-state index in [0.29, 0.717) is 30.2 Å². The summed E-state index contributed by atoms with van der Waals surface area (Å²) in [5.41, 5.74) is -0.464. The van der Waals surface area contributed by atoms with Gasteiger partial charge in [0, 0.05) is 11.6 Å². The molecule has 1 aliphatic heterocycles. The number of hydrogen-bond donors (Lipinski definition) is 1. The predicted molar refractivity (Wildman–Crippen MR) is 68.5 cm³/mol. The molecule has 96 valence electrons. The topological polar surface area (TPSA) is 42.7 Å². The first-order valence-electron chi connectivity index (χ1n) is 6.04. The van der Waals surface area contributed by atoms with Crippen molar-refractivity contribution < 1.29 is 4.39 Å².